The number of aliphatic carboxylic acids is 1. The quantitative estimate of drug-likeness (QED) is 0.353. The first kappa shape index (κ1) is 24.5. The van der Waals surface area contributed by atoms with Gasteiger partial charge in [-0.25, -0.2) is 0 Å². The molecule has 0 unspecified atom stereocenters. The van der Waals surface area contributed by atoms with Gasteiger partial charge in [-0.05, 0) is 86.5 Å². The van der Waals surface area contributed by atoms with Crippen LogP contribution in [0.2, 0.25) is 0 Å². The summed E-state index contributed by atoms with van der Waals surface area (Å²) in [6.07, 6.45) is 8.60. The number of carboxylic acid groups (broad SMARTS) is 1. The highest BCUT2D eigenvalue weighted by Gasteiger charge is 2.64. The fourth-order valence-corrected chi connectivity index (χ4v) is 8.46. The van der Waals surface area contributed by atoms with Gasteiger partial charge in [-0.3, -0.25) is 9.59 Å². The normalized spacial score (nSPS) is 40.2. The number of fused-ring (bicyclic) bond motifs is 5. The summed E-state index contributed by atoms with van der Waals surface area (Å²) in [4.78, 5) is 23.2. The van der Waals surface area contributed by atoms with Gasteiger partial charge in [-0.15, -0.1) is 0 Å². The smallest absolute Gasteiger partial charge is 0.305 e. The lowest BCUT2D eigenvalue weighted by molar-refractivity contribution is -0.143. The molecule has 7 atom stereocenters. The molecular weight excluding hydrogens is 416 g/mol. The maximum Gasteiger partial charge on any atom is 0.305 e. The maximum absolute atomic E-state index is 12.0. The van der Waals surface area contributed by atoms with Crippen molar-refractivity contribution in [1.82, 2.24) is 0 Å². The van der Waals surface area contributed by atoms with Crippen molar-refractivity contribution in [1.29, 1.82) is 0 Å². The summed E-state index contributed by atoms with van der Waals surface area (Å²) in [6.45, 7) is 13.6. The van der Waals surface area contributed by atoms with Gasteiger partial charge in [-0.1, -0.05) is 38.5 Å². The zero-order valence-corrected chi connectivity index (χ0v) is 21.2. The Hall–Kier alpha value is -1.62. The van der Waals surface area contributed by atoms with E-state index in [1.165, 1.54) is 7.11 Å². The molecule has 1 saturated carbocycles. The average molecular weight is 459 g/mol. The van der Waals surface area contributed by atoms with Gasteiger partial charge in [0.15, 0.2) is 0 Å². The standard InChI is InChI=1S/C28H42O5/c1-17(2)21-15-22-25-19(16-28(21,33-22)14-11-24(31)32-6)9-12-26(4)20(10-13-27(25,26)5)18(3)7-8-23(29)30/h18,20-22H,1,7-16H2,2-6H3,(H,29,30)/t18-,20-,21+,22+,26-,27+,28+/m1/s1. The fourth-order valence-electron chi connectivity index (χ4n) is 8.46. The lowest BCUT2D eigenvalue weighted by Gasteiger charge is -2.55. The predicted molar refractivity (Wildman–Crippen MR) is 128 cm³/mol. The van der Waals surface area contributed by atoms with Gasteiger partial charge in [0.2, 0.25) is 0 Å². The summed E-state index contributed by atoms with van der Waals surface area (Å²) in [7, 11) is 1.45. The number of carboxylic acids is 1. The average Bonchev–Trinajstić information content (AvgIpc) is 3.21. The summed E-state index contributed by atoms with van der Waals surface area (Å²) in [5, 5.41) is 9.21. The molecule has 2 aliphatic carbocycles. The molecule has 4 aliphatic rings. The van der Waals surface area contributed by atoms with E-state index in [0.29, 0.717) is 24.7 Å². The van der Waals surface area contributed by atoms with Crippen LogP contribution in [0.3, 0.4) is 0 Å². The Labute approximate surface area is 199 Å². The highest BCUT2D eigenvalue weighted by molar-refractivity contribution is 5.69. The monoisotopic (exact) mass is 458 g/mol. The van der Waals surface area contributed by atoms with Crippen LogP contribution in [0, 0.1) is 28.6 Å². The second-order valence-corrected chi connectivity index (χ2v) is 11.9. The van der Waals surface area contributed by atoms with Crippen LogP contribution in [-0.2, 0) is 19.1 Å². The number of hydrogen-bond donors (Lipinski definition) is 1. The first-order chi connectivity index (χ1) is 15.5. The van der Waals surface area contributed by atoms with Gasteiger partial charge in [0.1, 0.15) is 0 Å². The molecule has 0 aromatic rings. The summed E-state index contributed by atoms with van der Waals surface area (Å²) in [5.41, 5.74) is 4.19. The van der Waals surface area contributed by atoms with Crippen molar-refractivity contribution < 1.29 is 24.2 Å². The van der Waals surface area contributed by atoms with E-state index in [4.69, 9.17) is 9.47 Å². The van der Waals surface area contributed by atoms with E-state index >= 15 is 0 Å². The van der Waals surface area contributed by atoms with E-state index in [0.717, 1.165) is 50.5 Å². The summed E-state index contributed by atoms with van der Waals surface area (Å²) < 4.78 is 11.8. The lowest BCUT2D eigenvalue weighted by atomic mass is 9.52. The highest BCUT2D eigenvalue weighted by Crippen LogP contribution is 2.70. The molecular formula is C28H42O5. The molecule has 5 heteroatoms. The van der Waals surface area contributed by atoms with Crippen molar-refractivity contribution in [2.45, 2.75) is 104 Å². The van der Waals surface area contributed by atoms with E-state index in [1.54, 1.807) is 11.1 Å². The van der Waals surface area contributed by atoms with Crippen molar-refractivity contribution in [3.63, 3.8) is 0 Å². The number of ether oxygens (including phenoxy) is 2. The van der Waals surface area contributed by atoms with Crippen molar-refractivity contribution in [3.8, 4) is 0 Å². The van der Waals surface area contributed by atoms with E-state index in [9.17, 15) is 14.7 Å². The highest BCUT2D eigenvalue weighted by atomic mass is 16.5. The molecule has 33 heavy (non-hydrogen) atoms. The Morgan fingerprint density at radius 2 is 2.00 bits per heavy atom. The Morgan fingerprint density at radius 1 is 1.27 bits per heavy atom. The Morgan fingerprint density at radius 3 is 2.64 bits per heavy atom. The molecule has 1 N–H and O–H groups in total. The molecule has 2 bridgehead atoms. The Bertz CT molecular complexity index is 874. The first-order valence-electron chi connectivity index (χ1n) is 12.8. The summed E-state index contributed by atoms with van der Waals surface area (Å²) >= 11 is 0. The number of carbonyl (C=O) groups is 2. The Balaban J connectivity index is 1.64. The number of rotatable bonds is 8. The molecule has 0 spiro atoms. The molecule has 0 radical (unpaired) electrons. The third-order valence-corrected chi connectivity index (χ3v) is 10.3. The third kappa shape index (κ3) is 3.79. The Kier molecular flexibility index (Phi) is 6.35. The second kappa shape index (κ2) is 8.55. The van der Waals surface area contributed by atoms with Crippen LogP contribution in [0.1, 0.15) is 91.9 Å². The summed E-state index contributed by atoms with van der Waals surface area (Å²) in [5.74, 6) is 0.348. The van der Waals surface area contributed by atoms with Gasteiger partial charge in [-0.2, -0.15) is 0 Å². The van der Waals surface area contributed by atoms with Crippen molar-refractivity contribution >= 4 is 11.9 Å². The van der Waals surface area contributed by atoms with E-state index in [1.807, 2.05) is 0 Å². The van der Waals surface area contributed by atoms with Gasteiger partial charge in [0, 0.05) is 18.8 Å². The van der Waals surface area contributed by atoms with Gasteiger partial charge in [0.05, 0.1) is 18.8 Å². The molecule has 184 valence electrons. The number of hydrogen-bond acceptors (Lipinski definition) is 4. The maximum atomic E-state index is 12.0. The summed E-state index contributed by atoms with van der Waals surface area (Å²) in [6, 6.07) is 0. The molecule has 1 saturated heterocycles. The molecule has 2 heterocycles. The topological polar surface area (TPSA) is 72.8 Å². The van der Waals surface area contributed by atoms with Crippen molar-refractivity contribution in [2.24, 2.45) is 28.6 Å². The molecule has 2 fully saturated rings. The number of methoxy groups -OCH3 is 1. The van der Waals surface area contributed by atoms with Crippen LogP contribution in [0.4, 0.5) is 0 Å². The van der Waals surface area contributed by atoms with Crippen LogP contribution in [0.5, 0.6) is 0 Å². The minimum absolute atomic E-state index is 0.0892. The van der Waals surface area contributed by atoms with Crippen LogP contribution in [-0.4, -0.2) is 35.9 Å². The minimum atomic E-state index is -0.692. The van der Waals surface area contributed by atoms with Crippen molar-refractivity contribution in [3.05, 3.63) is 23.3 Å². The molecule has 0 amide bonds. The van der Waals surface area contributed by atoms with Crippen LogP contribution in [0.25, 0.3) is 0 Å². The minimum Gasteiger partial charge on any atom is -0.481 e. The molecule has 0 aromatic carbocycles. The number of carbonyl (C=O) groups excluding carboxylic acids is 1. The molecule has 4 rings (SSSR count). The van der Waals surface area contributed by atoms with Crippen LogP contribution in [0.15, 0.2) is 23.3 Å². The van der Waals surface area contributed by atoms with Crippen molar-refractivity contribution in [2.75, 3.05) is 7.11 Å². The van der Waals surface area contributed by atoms with E-state index < -0.39 is 5.97 Å². The SMILES string of the molecule is C=C(C)[C@@H]1C[C@@H]2O[C@@]1(CCC(=O)OC)CC1=C2[C@]2(C)CC[C@H]([C@H](C)CCC(=O)O)[C@@]2(C)CC1. The fraction of sp³-hybridized carbons (Fsp3) is 0.786. The van der Waals surface area contributed by atoms with Crippen LogP contribution >= 0.6 is 0 Å². The zero-order valence-electron chi connectivity index (χ0n) is 21.2. The molecule has 0 aromatic heterocycles. The van der Waals surface area contributed by atoms with Gasteiger partial charge >= 0.3 is 11.9 Å². The predicted octanol–water partition coefficient (Wildman–Crippen LogP) is 6.08. The third-order valence-electron chi connectivity index (χ3n) is 10.3. The van der Waals surface area contributed by atoms with Gasteiger partial charge < -0.3 is 14.6 Å². The molecule has 2 aliphatic heterocycles. The van der Waals surface area contributed by atoms with Crippen LogP contribution < -0.4 is 0 Å². The molecule has 5 nitrogen and oxygen atoms in total. The van der Waals surface area contributed by atoms with Gasteiger partial charge in [0.25, 0.3) is 0 Å². The largest absolute Gasteiger partial charge is 0.481 e. The van der Waals surface area contributed by atoms with E-state index in [2.05, 4.69) is 34.3 Å². The number of esters is 1. The zero-order chi connectivity index (χ0) is 24.2. The first-order valence-corrected chi connectivity index (χ1v) is 12.8. The second-order valence-electron chi connectivity index (χ2n) is 11.9. The van der Waals surface area contributed by atoms with E-state index in [-0.39, 0.29) is 40.8 Å². The lowest BCUT2D eigenvalue weighted by Crippen LogP contribution is -2.49.